The molecule has 0 radical (unpaired) electrons. The van der Waals surface area contributed by atoms with Crippen LogP contribution in [0.25, 0.3) is 0 Å². The Morgan fingerprint density at radius 1 is 1.29 bits per heavy atom. The number of hydrogen-bond acceptors (Lipinski definition) is 8. The van der Waals surface area contributed by atoms with E-state index >= 15 is 0 Å². The number of nitrogen functional groups attached to an aromatic ring is 1. The summed E-state index contributed by atoms with van der Waals surface area (Å²) in [6.45, 7) is 6.74. The fraction of sp³-hybridized carbons (Fsp3) is 0.692. The number of hydrogen-bond donors (Lipinski definition) is 1. The van der Waals surface area contributed by atoms with Crippen molar-refractivity contribution in [1.29, 1.82) is 0 Å². The highest BCUT2D eigenvalue weighted by molar-refractivity contribution is 5.71. The summed E-state index contributed by atoms with van der Waals surface area (Å²) in [5.41, 5.74) is 5.70. The van der Waals surface area contributed by atoms with Crippen LogP contribution in [0.2, 0.25) is 0 Å². The van der Waals surface area contributed by atoms with Gasteiger partial charge in [-0.2, -0.15) is 15.0 Å². The van der Waals surface area contributed by atoms with Gasteiger partial charge in [-0.1, -0.05) is 0 Å². The number of nitrogens with two attached hydrogens (primary N) is 1. The van der Waals surface area contributed by atoms with Crippen LogP contribution >= 0.6 is 0 Å². The van der Waals surface area contributed by atoms with Crippen LogP contribution in [0.3, 0.4) is 0 Å². The van der Waals surface area contributed by atoms with Gasteiger partial charge < -0.3 is 15.4 Å². The van der Waals surface area contributed by atoms with Crippen LogP contribution in [-0.4, -0.2) is 59.1 Å². The first-order chi connectivity index (χ1) is 9.83. The third-order valence-electron chi connectivity index (χ3n) is 2.80. The van der Waals surface area contributed by atoms with Gasteiger partial charge >= 0.3 is 5.97 Å². The van der Waals surface area contributed by atoms with Crippen LogP contribution in [0.4, 0.5) is 11.9 Å². The van der Waals surface area contributed by atoms with Crippen LogP contribution in [-0.2, 0) is 16.1 Å². The van der Waals surface area contributed by atoms with E-state index in [1.54, 1.807) is 11.8 Å². The molecule has 0 bridgehead atoms. The number of carbonyl (C=O) groups is 1. The molecule has 0 aliphatic heterocycles. The Bertz CT molecular complexity index is 478. The summed E-state index contributed by atoms with van der Waals surface area (Å²) >= 11 is 0. The highest BCUT2D eigenvalue weighted by atomic mass is 16.5. The van der Waals surface area contributed by atoms with E-state index in [0.717, 1.165) is 0 Å². The smallest absolute Gasteiger partial charge is 0.320 e. The molecule has 0 amide bonds. The van der Waals surface area contributed by atoms with E-state index < -0.39 is 0 Å². The molecule has 0 saturated carbocycles. The number of aromatic nitrogens is 3. The van der Waals surface area contributed by atoms with Gasteiger partial charge in [-0.3, -0.25) is 9.69 Å². The van der Waals surface area contributed by atoms with Crippen molar-refractivity contribution in [2.75, 3.05) is 37.9 Å². The average Bonchev–Trinajstić information content (AvgIpc) is 2.37. The second kappa shape index (κ2) is 7.72. The second-order valence-electron chi connectivity index (χ2n) is 5.11. The van der Waals surface area contributed by atoms with Gasteiger partial charge in [0.05, 0.1) is 19.7 Å². The van der Waals surface area contributed by atoms with E-state index in [1.165, 1.54) is 0 Å². The van der Waals surface area contributed by atoms with E-state index in [1.807, 2.05) is 32.8 Å². The number of rotatable bonds is 7. The molecule has 0 aliphatic rings. The van der Waals surface area contributed by atoms with Gasteiger partial charge in [0, 0.05) is 20.1 Å². The lowest BCUT2D eigenvalue weighted by Crippen LogP contribution is -2.36. The van der Waals surface area contributed by atoms with Gasteiger partial charge in [-0.15, -0.1) is 0 Å². The van der Waals surface area contributed by atoms with E-state index in [4.69, 9.17) is 10.5 Å². The van der Waals surface area contributed by atoms with E-state index in [2.05, 4.69) is 15.0 Å². The number of anilines is 2. The number of nitrogens with zero attached hydrogens (tertiary/aromatic N) is 5. The monoisotopic (exact) mass is 296 g/mol. The molecule has 2 N–H and O–H groups in total. The maximum atomic E-state index is 11.6. The third-order valence-corrected chi connectivity index (χ3v) is 2.80. The molecule has 0 atom stereocenters. The van der Waals surface area contributed by atoms with Crippen LogP contribution in [0.1, 0.15) is 26.6 Å². The second-order valence-corrected chi connectivity index (χ2v) is 5.11. The SMILES string of the molecule is CCOC(=O)CN(Cc1nc(N)nc(N(C)C)n1)C(C)C. The Labute approximate surface area is 125 Å². The highest BCUT2D eigenvalue weighted by Crippen LogP contribution is 2.10. The first-order valence-corrected chi connectivity index (χ1v) is 6.90. The molecule has 0 saturated heterocycles. The summed E-state index contributed by atoms with van der Waals surface area (Å²) in [4.78, 5) is 27.8. The molecule has 8 heteroatoms. The fourth-order valence-electron chi connectivity index (χ4n) is 1.67. The summed E-state index contributed by atoms with van der Waals surface area (Å²) < 4.78 is 4.98. The van der Waals surface area contributed by atoms with Gasteiger partial charge in [0.1, 0.15) is 5.82 Å². The lowest BCUT2D eigenvalue weighted by molar-refractivity contribution is -0.145. The van der Waals surface area contributed by atoms with Gasteiger partial charge in [-0.25, -0.2) is 0 Å². The molecule has 118 valence electrons. The van der Waals surface area contributed by atoms with Crippen molar-refractivity contribution in [3.8, 4) is 0 Å². The number of carbonyl (C=O) groups excluding carboxylic acids is 1. The molecular formula is C13H24N6O2. The average molecular weight is 296 g/mol. The largest absolute Gasteiger partial charge is 0.465 e. The normalized spacial score (nSPS) is 11.0. The molecule has 0 spiro atoms. The predicted molar refractivity (Wildman–Crippen MR) is 80.7 cm³/mol. The Morgan fingerprint density at radius 3 is 2.48 bits per heavy atom. The van der Waals surface area contributed by atoms with Crippen molar-refractivity contribution < 1.29 is 9.53 Å². The maximum absolute atomic E-state index is 11.6. The zero-order chi connectivity index (χ0) is 16.0. The Balaban J connectivity index is 2.86. The molecule has 0 fully saturated rings. The summed E-state index contributed by atoms with van der Waals surface area (Å²) in [5.74, 6) is 0.936. The van der Waals surface area contributed by atoms with Crippen molar-refractivity contribution in [2.24, 2.45) is 0 Å². The number of ether oxygens (including phenoxy) is 1. The Hall–Kier alpha value is -1.96. The summed E-state index contributed by atoms with van der Waals surface area (Å²) in [6, 6.07) is 0.148. The summed E-state index contributed by atoms with van der Waals surface area (Å²) in [5, 5.41) is 0. The molecule has 21 heavy (non-hydrogen) atoms. The molecule has 8 nitrogen and oxygen atoms in total. The molecule has 1 heterocycles. The van der Waals surface area contributed by atoms with E-state index in [9.17, 15) is 4.79 Å². The molecule has 1 aromatic heterocycles. The Kier molecular flexibility index (Phi) is 6.29. The van der Waals surface area contributed by atoms with Gasteiger partial charge in [0.2, 0.25) is 11.9 Å². The van der Waals surface area contributed by atoms with Crippen LogP contribution in [0, 0.1) is 0 Å². The molecule has 0 aliphatic carbocycles. The van der Waals surface area contributed by atoms with Crippen molar-refractivity contribution in [3.63, 3.8) is 0 Å². The first kappa shape index (κ1) is 17.1. The lowest BCUT2D eigenvalue weighted by atomic mass is 10.3. The topological polar surface area (TPSA) is 97.5 Å². The van der Waals surface area contributed by atoms with Gasteiger partial charge in [-0.05, 0) is 20.8 Å². The standard InChI is InChI=1S/C13H24N6O2/c1-6-21-11(20)8-19(9(2)3)7-10-15-12(14)17-13(16-10)18(4)5/h9H,6-8H2,1-5H3,(H2,14,15,16,17). The van der Waals surface area contributed by atoms with Crippen molar-refractivity contribution in [1.82, 2.24) is 19.9 Å². The molecule has 0 aromatic carbocycles. The molecular weight excluding hydrogens is 272 g/mol. The zero-order valence-corrected chi connectivity index (χ0v) is 13.3. The highest BCUT2D eigenvalue weighted by Gasteiger charge is 2.17. The minimum atomic E-state index is -0.263. The maximum Gasteiger partial charge on any atom is 0.320 e. The van der Waals surface area contributed by atoms with E-state index in [-0.39, 0.29) is 24.5 Å². The quantitative estimate of drug-likeness (QED) is 0.717. The lowest BCUT2D eigenvalue weighted by Gasteiger charge is -2.24. The van der Waals surface area contributed by atoms with Gasteiger partial charge in [0.25, 0.3) is 0 Å². The van der Waals surface area contributed by atoms with E-state index in [0.29, 0.717) is 24.9 Å². The minimum Gasteiger partial charge on any atom is -0.465 e. The Morgan fingerprint density at radius 2 is 1.95 bits per heavy atom. The van der Waals surface area contributed by atoms with Crippen molar-refractivity contribution in [2.45, 2.75) is 33.4 Å². The predicted octanol–water partition coefficient (Wildman–Crippen LogP) is 0.293. The minimum absolute atomic E-state index is 0.148. The van der Waals surface area contributed by atoms with Crippen LogP contribution in [0.5, 0.6) is 0 Å². The summed E-state index contributed by atoms with van der Waals surface area (Å²) in [7, 11) is 3.66. The van der Waals surface area contributed by atoms with Crippen molar-refractivity contribution in [3.05, 3.63) is 5.82 Å². The van der Waals surface area contributed by atoms with Crippen LogP contribution in [0.15, 0.2) is 0 Å². The first-order valence-electron chi connectivity index (χ1n) is 6.90. The zero-order valence-electron chi connectivity index (χ0n) is 13.3. The third kappa shape index (κ3) is 5.50. The van der Waals surface area contributed by atoms with Crippen molar-refractivity contribution >= 4 is 17.9 Å². The molecule has 1 aromatic rings. The van der Waals surface area contributed by atoms with Gasteiger partial charge in [0.15, 0.2) is 0 Å². The fourth-order valence-corrected chi connectivity index (χ4v) is 1.67. The number of esters is 1. The summed E-state index contributed by atoms with van der Waals surface area (Å²) in [6.07, 6.45) is 0. The van der Waals surface area contributed by atoms with Crippen LogP contribution < -0.4 is 10.6 Å². The molecule has 1 rings (SSSR count). The molecule has 0 unspecified atom stereocenters.